The number of benzene rings is 1. The number of pyridine rings is 1. The molecular weight excluding hydrogens is 234 g/mol. The van der Waals surface area contributed by atoms with Crippen molar-refractivity contribution in [1.82, 2.24) is 14.8 Å². The molecule has 0 saturated heterocycles. The molecule has 0 fully saturated rings. The van der Waals surface area contributed by atoms with Crippen molar-refractivity contribution in [2.75, 3.05) is 0 Å². The van der Waals surface area contributed by atoms with Gasteiger partial charge in [0.2, 0.25) is 0 Å². The van der Waals surface area contributed by atoms with E-state index in [1.54, 1.807) is 6.20 Å². The molecule has 0 amide bonds. The Labute approximate surface area is 112 Å². The molecule has 2 aromatic heterocycles. The van der Waals surface area contributed by atoms with E-state index >= 15 is 0 Å². The summed E-state index contributed by atoms with van der Waals surface area (Å²) in [5, 5.41) is 4.41. The summed E-state index contributed by atoms with van der Waals surface area (Å²) in [5.41, 5.74) is 5.61. The fourth-order valence-electron chi connectivity index (χ4n) is 2.00. The van der Waals surface area contributed by atoms with E-state index in [1.807, 2.05) is 35.3 Å². The normalized spacial score (nSPS) is 10.6. The Morgan fingerprint density at radius 3 is 2.63 bits per heavy atom. The van der Waals surface area contributed by atoms with Gasteiger partial charge < -0.3 is 0 Å². The Bertz CT molecular complexity index is 699. The third-order valence-electron chi connectivity index (χ3n) is 3.30. The van der Waals surface area contributed by atoms with Crippen LogP contribution in [0.1, 0.15) is 11.1 Å². The maximum atomic E-state index is 4.41. The zero-order valence-electron chi connectivity index (χ0n) is 11.0. The molecule has 2 heterocycles. The van der Waals surface area contributed by atoms with Crippen LogP contribution in [0.25, 0.3) is 16.9 Å². The predicted molar refractivity (Wildman–Crippen MR) is 76.3 cm³/mol. The summed E-state index contributed by atoms with van der Waals surface area (Å²) in [5.74, 6) is 0. The average molecular weight is 249 g/mol. The van der Waals surface area contributed by atoms with Gasteiger partial charge in [-0.2, -0.15) is 5.10 Å². The van der Waals surface area contributed by atoms with Gasteiger partial charge in [0.05, 0.1) is 17.6 Å². The fraction of sp³-hybridized carbons (Fsp3) is 0.125. The van der Waals surface area contributed by atoms with Crippen LogP contribution in [0.5, 0.6) is 0 Å². The molecule has 3 heteroatoms. The molecule has 0 radical (unpaired) electrons. The highest BCUT2D eigenvalue weighted by molar-refractivity contribution is 5.57. The van der Waals surface area contributed by atoms with Gasteiger partial charge in [0.15, 0.2) is 0 Å². The van der Waals surface area contributed by atoms with E-state index in [0.717, 1.165) is 16.9 Å². The Kier molecular flexibility index (Phi) is 2.88. The van der Waals surface area contributed by atoms with Gasteiger partial charge in [0.25, 0.3) is 0 Å². The number of hydrogen-bond donors (Lipinski definition) is 0. The van der Waals surface area contributed by atoms with Crippen LogP contribution in [0.3, 0.4) is 0 Å². The zero-order chi connectivity index (χ0) is 13.2. The third-order valence-corrected chi connectivity index (χ3v) is 3.30. The molecule has 0 N–H and O–H groups in total. The van der Waals surface area contributed by atoms with Crippen LogP contribution >= 0.6 is 0 Å². The SMILES string of the molecule is Cc1ccc(-n2cc(-c3ccccn3)cn2)cc1C. The van der Waals surface area contributed by atoms with E-state index in [9.17, 15) is 0 Å². The van der Waals surface area contributed by atoms with Crippen LogP contribution < -0.4 is 0 Å². The van der Waals surface area contributed by atoms with Gasteiger partial charge in [-0.25, -0.2) is 4.68 Å². The van der Waals surface area contributed by atoms with E-state index in [2.05, 4.69) is 42.1 Å². The second kappa shape index (κ2) is 4.69. The highest BCUT2D eigenvalue weighted by Gasteiger charge is 2.04. The van der Waals surface area contributed by atoms with Crippen molar-refractivity contribution >= 4 is 0 Å². The maximum absolute atomic E-state index is 4.41. The van der Waals surface area contributed by atoms with E-state index in [-0.39, 0.29) is 0 Å². The quantitative estimate of drug-likeness (QED) is 0.695. The van der Waals surface area contributed by atoms with Crippen LogP contribution in [0.4, 0.5) is 0 Å². The summed E-state index contributed by atoms with van der Waals surface area (Å²) >= 11 is 0. The standard InChI is InChI=1S/C16H15N3/c1-12-6-7-15(9-13(12)2)19-11-14(10-18-19)16-5-3-4-8-17-16/h3-11H,1-2H3. The van der Waals surface area contributed by atoms with Gasteiger partial charge in [-0.3, -0.25) is 4.98 Å². The summed E-state index contributed by atoms with van der Waals surface area (Å²) in [4.78, 5) is 4.33. The predicted octanol–water partition coefficient (Wildman–Crippen LogP) is 3.55. The molecular formula is C16H15N3. The number of rotatable bonds is 2. The highest BCUT2D eigenvalue weighted by atomic mass is 15.3. The maximum Gasteiger partial charge on any atom is 0.0733 e. The van der Waals surface area contributed by atoms with Crippen LogP contribution in [0.2, 0.25) is 0 Å². The molecule has 0 spiro atoms. The second-order valence-corrected chi connectivity index (χ2v) is 4.66. The molecule has 0 aliphatic carbocycles. The van der Waals surface area contributed by atoms with Crippen LogP contribution in [-0.2, 0) is 0 Å². The Morgan fingerprint density at radius 2 is 1.89 bits per heavy atom. The molecule has 3 rings (SSSR count). The minimum absolute atomic E-state index is 0.942. The van der Waals surface area contributed by atoms with E-state index in [0.29, 0.717) is 0 Å². The molecule has 0 aliphatic heterocycles. The summed E-state index contributed by atoms with van der Waals surface area (Å²) in [6, 6.07) is 12.2. The average Bonchev–Trinajstić information content (AvgIpc) is 2.93. The molecule has 19 heavy (non-hydrogen) atoms. The topological polar surface area (TPSA) is 30.7 Å². The molecule has 94 valence electrons. The number of aryl methyl sites for hydroxylation is 2. The van der Waals surface area contributed by atoms with Crippen LogP contribution in [-0.4, -0.2) is 14.8 Å². The Balaban J connectivity index is 1.99. The van der Waals surface area contributed by atoms with Crippen molar-refractivity contribution < 1.29 is 0 Å². The lowest BCUT2D eigenvalue weighted by atomic mass is 10.1. The molecule has 0 aliphatic rings. The summed E-state index contributed by atoms with van der Waals surface area (Å²) in [7, 11) is 0. The Hall–Kier alpha value is -2.42. The summed E-state index contributed by atoms with van der Waals surface area (Å²) in [6.45, 7) is 4.23. The summed E-state index contributed by atoms with van der Waals surface area (Å²) < 4.78 is 1.89. The van der Waals surface area contributed by atoms with Gasteiger partial charge >= 0.3 is 0 Å². The lowest BCUT2D eigenvalue weighted by molar-refractivity contribution is 0.878. The number of hydrogen-bond acceptors (Lipinski definition) is 2. The van der Waals surface area contributed by atoms with Gasteiger partial charge in [-0.05, 0) is 49.2 Å². The smallest absolute Gasteiger partial charge is 0.0733 e. The lowest BCUT2D eigenvalue weighted by Crippen LogP contribution is -1.95. The molecule has 1 aromatic carbocycles. The van der Waals surface area contributed by atoms with E-state index in [4.69, 9.17) is 0 Å². The first kappa shape index (κ1) is 11.7. The molecule has 0 saturated carbocycles. The monoisotopic (exact) mass is 249 g/mol. The first-order chi connectivity index (χ1) is 9.24. The molecule has 0 unspecified atom stereocenters. The van der Waals surface area contributed by atoms with Crippen molar-refractivity contribution in [2.45, 2.75) is 13.8 Å². The lowest BCUT2D eigenvalue weighted by Gasteiger charge is -2.04. The van der Waals surface area contributed by atoms with Crippen LogP contribution in [0.15, 0.2) is 55.0 Å². The van der Waals surface area contributed by atoms with Gasteiger partial charge in [-0.15, -0.1) is 0 Å². The van der Waals surface area contributed by atoms with Crippen molar-refractivity contribution in [3.63, 3.8) is 0 Å². The van der Waals surface area contributed by atoms with Gasteiger partial charge in [0.1, 0.15) is 0 Å². The second-order valence-electron chi connectivity index (χ2n) is 4.66. The van der Waals surface area contributed by atoms with Crippen LogP contribution in [0, 0.1) is 13.8 Å². The fourth-order valence-corrected chi connectivity index (χ4v) is 2.00. The van der Waals surface area contributed by atoms with E-state index in [1.165, 1.54) is 11.1 Å². The van der Waals surface area contributed by atoms with Crippen molar-refractivity contribution in [3.05, 3.63) is 66.1 Å². The minimum atomic E-state index is 0.942. The highest BCUT2D eigenvalue weighted by Crippen LogP contribution is 2.19. The molecule has 0 bridgehead atoms. The largest absolute Gasteiger partial charge is 0.256 e. The van der Waals surface area contributed by atoms with Crippen molar-refractivity contribution in [3.8, 4) is 16.9 Å². The molecule has 3 aromatic rings. The third kappa shape index (κ3) is 2.27. The number of aromatic nitrogens is 3. The Morgan fingerprint density at radius 1 is 1.00 bits per heavy atom. The van der Waals surface area contributed by atoms with Crippen molar-refractivity contribution in [2.24, 2.45) is 0 Å². The first-order valence-electron chi connectivity index (χ1n) is 6.28. The van der Waals surface area contributed by atoms with Gasteiger partial charge in [-0.1, -0.05) is 12.1 Å². The van der Waals surface area contributed by atoms with Crippen molar-refractivity contribution in [1.29, 1.82) is 0 Å². The van der Waals surface area contributed by atoms with E-state index < -0.39 is 0 Å². The number of nitrogens with zero attached hydrogens (tertiary/aromatic N) is 3. The molecule has 3 nitrogen and oxygen atoms in total. The molecule has 0 atom stereocenters. The minimum Gasteiger partial charge on any atom is -0.256 e. The zero-order valence-corrected chi connectivity index (χ0v) is 11.0. The van der Waals surface area contributed by atoms with Gasteiger partial charge in [0, 0.05) is 18.0 Å². The first-order valence-corrected chi connectivity index (χ1v) is 6.28. The summed E-state index contributed by atoms with van der Waals surface area (Å²) in [6.07, 6.45) is 5.65.